The molecule has 0 rings (SSSR count). The summed E-state index contributed by atoms with van der Waals surface area (Å²) in [7, 11) is 0. The lowest BCUT2D eigenvalue weighted by Gasteiger charge is -2.19. The third-order valence-corrected chi connectivity index (χ3v) is 3.30. The minimum absolute atomic E-state index is 0.123. The van der Waals surface area contributed by atoms with E-state index in [0.29, 0.717) is 12.5 Å². The zero-order chi connectivity index (χ0) is 14.7. The Balaban J connectivity index is 3.72. The molecule has 112 valence electrons. The maximum atomic E-state index is 11.7. The van der Waals surface area contributed by atoms with Crippen molar-refractivity contribution in [3.05, 3.63) is 12.7 Å². The number of hydrogen-bond acceptors (Lipinski definition) is 2. The molecule has 0 saturated heterocycles. The number of esters is 1. The fourth-order valence-corrected chi connectivity index (χ4v) is 1.86. The predicted molar refractivity (Wildman–Crippen MR) is 82.1 cm³/mol. The Morgan fingerprint density at radius 3 is 2.26 bits per heavy atom. The summed E-state index contributed by atoms with van der Waals surface area (Å²) < 4.78 is 5.34. The van der Waals surface area contributed by atoms with Crippen LogP contribution >= 0.6 is 0 Å². The maximum absolute atomic E-state index is 11.7. The molecule has 0 spiro atoms. The van der Waals surface area contributed by atoms with Crippen LogP contribution in [0, 0.1) is 11.3 Å². The second-order valence-electron chi connectivity index (χ2n) is 6.40. The first kappa shape index (κ1) is 18.2. The molecule has 2 heteroatoms. The van der Waals surface area contributed by atoms with Crippen LogP contribution in [0.2, 0.25) is 0 Å². The highest BCUT2D eigenvalue weighted by molar-refractivity contribution is 5.75. The maximum Gasteiger partial charge on any atom is 0.311 e. The van der Waals surface area contributed by atoms with Gasteiger partial charge in [-0.15, -0.1) is 6.58 Å². The molecule has 0 aliphatic rings. The first-order valence-corrected chi connectivity index (χ1v) is 7.71. The van der Waals surface area contributed by atoms with Crippen LogP contribution in [0.15, 0.2) is 12.7 Å². The van der Waals surface area contributed by atoms with Crippen LogP contribution in [0.4, 0.5) is 0 Å². The number of unbranched alkanes of at least 4 members (excludes halogenated alkanes) is 5. The van der Waals surface area contributed by atoms with Crippen LogP contribution in [0.5, 0.6) is 0 Å². The molecule has 0 amide bonds. The van der Waals surface area contributed by atoms with E-state index in [0.717, 1.165) is 6.42 Å². The molecule has 0 heterocycles. The zero-order valence-corrected chi connectivity index (χ0v) is 13.3. The van der Waals surface area contributed by atoms with Crippen LogP contribution in [0.25, 0.3) is 0 Å². The van der Waals surface area contributed by atoms with E-state index in [-0.39, 0.29) is 5.97 Å². The fraction of sp³-hybridized carbons (Fsp3) is 0.824. The SMILES string of the molecule is C=CC(CCCCCCCC)COC(=O)C(C)(C)C. The van der Waals surface area contributed by atoms with Crippen LogP contribution < -0.4 is 0 Å². The minimum Gasteiger partial charge on any atom is -0.465 e. The Labute approximate surface area is 119 Å². The zero-order valence-electron chi connectivity index (χ0n) is 13.3. The van der Waals surface area contributed by atoms with E-state index in [4.69, 9.17) is 4.74 Å². The number of ether oxygens (including phenoxy) is 1. The van der Waals surface area contributed by atoms with Gasteiger partial charge in [-0.3, -0.25) is 4.79 Å². The van der Waals surface area contributed by atoms with E-state index in [2.05, 4.69) is 13.5 Å². The van der Waals surface area contributed by atoms with Gasteiger partial charge in [-0.2, -0.15) is 0 Å². The monoisotopic (exact) mass is 268 g/mol. The van der Waals surface area contributed by atoms with Gasteiger partial charge in [0.25, 0.3) is 0 Å². The van der Waals surface area contributed by atoms with Crippen molar-refractivity contribution in [2.24, 2.45) is 11.3 Å². The van der Waals surface area contributed by atoms with Crippen molar-refractivity contribution >= 4 is 5.97 Å². The van der Waals surface area contributed by atoms with E-state index in [1.807, 2.05) is 26.8 Å². The lowest BCUT2D eigenvalue weighted by Crippen LogP contribution is -2.25. The van der Waals surface area contributed by atoms with Gasteiger partial charge in [-0.1, -0.05) is 51.5 Å². The van der Waals surface area contributed by atoms with Crippen LogP contribution in [0.3, 0.4) is 0 Å². The average Bonchev–Trinajstić information content (AvgIpc) is 2.35. The number of carbonyl (C=O) groups is 1. The number of carbonyl (C=O) groups excluding carboxylic acids is 1. The van der Waals surface area contributed by atoms with Crippen molar-refractivity contribution in [2.45, 2.75) is 72.6 Å². The highest BCUT2D eigenvalue weighted by Gasteiger charge is 2.23. The average molecular weight is 268 g/mol. The highest BCUT2D eigenvalue weighted by Crippen LogP contribution is 2.18. The number of rotatable bonds is 10. The summed E-state index contributed by atoms with van der Waals surface area (Å²) in [5, 5.41) is 0. The van der Waals surface area contributed by atoms with Crippen LogP contribution in [-0.4, -0.2) is 12.6 Å². The topological polar surface area (TPSA) is 26.3 Å². The van der Waals surface area contributed by atoms with Crippen LogP contribution in [-0.2, 0) is 9.53 Å². The van der Waals surface area contributed by atoms with Crippen molar-refractivity contribution < 1.29 is 9.53 Å². The Hall–Kier alpha value is -0.790. The highest BCUT2D eigenvalue weighted by atomic mass is 16.5. The minimum atomic E-state index is -0.411. The second kappa shape index (κ2) is 10.1. The third-order valence-electron chi connectivity index (χ3n) is 3.30. The van der Waals surface area contributed by atoms with Crippen molar-refractivity contribution in [3.63, 3.8) is 0 Å². The molecule has 1 unspecified atom stereocenters. The largest absolute Gasteiger partial charge is 0.465 e. The van der Waals surface area contributed by atoms with Gasteiger partial charge in [0.2, 0.25) is 0 Å². The first-order chi connectivity index (χ1) is 8.91. The third kappa shape index (κ3) is 9.75. The molecule has 0 saturated carbocycles. The molecule has 0 radical (unpaired) electrons. The van der Waals surface area contributed by atoms with E-state index in [1.54, 1.807) is 0 Å². The summed E-state index contributed by atoms with van der Waals surface area (Å²) in [4.78, 5) is 11.7. The molecular weight excluding hydrogens is 236 g/mol. The summed E-state index contributed by atoms with van der Waals surface area (Å²) in [6.07, 6.45) is 10.8. The predicted octanol–water partition coefficient (Wildman–Crippen LogP) is 5.13. The molecule has 0 aromatic rings. The van der Waals surface area contributed by atoms with E-state index in [1.165, 1.54) is 38.5 Å². The quantitative estimate of drug-likeness (QED) is 0.312. The summed E-state index contributed by atoms with van der Waals surface area (Å²) in [5.41, 5.74) is -0.411. The van der Waals surface area contributed by atoms with Gasteiger partial charge in [-0.25, -0.2) is 0 Å². The number of hydrogen-bond donors (Lipinski definition) is 0. The van der Waals surface area contributed by atoms with E-state index in [9.17, 15) is 4.79 Å². The molecule has 19 heavy (non-hydrogen) atoms. The van der Waals surface area contributed by atoms with Crippen molar-refractivity contribution in [3.8, 4) is 0 Å². The fourth-order valence-electron chi connectivity index (χ4n) is 1.86. The molecule has 0 aliphatic carbocycles. The molecule has 0 fully saturated rings. The van der Waals surface area contributed by atoms with Crippen molar-refractivity contribution in [1.82, 2.24) is 0 Å². The molecule has 2 nitrogen and oxygen atoms in total. The summed E-state index contributed by atoms with van der Waals surface area (Å²) in [6, 6.07) is 0. The molecule has 1 atom stereocenters. The standard InChI is InChI=1S/C17H32O2/c1-6-8-9-10-11-12-13-15(7-2)14-19-16(18)17(3,4)5/h7,15H,2,6,8-14H2,1,3-5H3. The van der Waals surface area contributed by atoms with Gasteiger partial charge in [0, 0.05) is 5.92 Å². The molecule has 0 aliphatic heterocycles. The molecular formula is C17H32O2. The van der Waals surface area contributed by atoms with Crippen molar-refractivity contribution in [1.29, 1.82) is 0 Å². The molecule has 0 N–H and O–H groups in total. The summed E-state index contributed by atoms with van der Waals surface area (Å²) in [5.74, 6) is 0.180. The van der Waals surface area contributed by atoms with Gasteiger partial charge in [0.15, 0.2) is 0 Å². The smallest absolute Gasteiger partial charge is 0.311 e. The molecule has 0 aromatic carbocycles. The Kier molecular flexibility index (Phi) is 9.63. The summed E-state index contributed by atoms with van der Waals surface area (Å²) in [6.45, 7) is 12.2. The van der Waals surface area contributed by atoms with E-state index < -0.39 is 5.41 Å². The van der Waals surface area contributed by atoms with Crippen molar-refractivity contribution in [2.75, 3.05) is 6.61 Å². The van der Waals surface area contributed by atoms with Gasteiger partial charge >= 0.3 is 5.97 Å². The molecule has 0 bridgehead atoms. The normalized spacial score (nSPS) is 13.1. The van der Waals surface area contributed by atoms with Crippen LogP contribution in [0.1, 0.15) is 72.6 Å². The first-order valence-electron chi connectivity index (χ1n) is 7.71. The Morgan fingerprint density at radius 1 is 1.16 bits per heavy atom. The second-order valence-corrected chi connectivity index (χ2v) is 6.40. The van der Waals surface area contributed by atoms with Gasteiger partial charge in [0.05, 0.1) is 12.0 Å². The Bertz CT molecular complexity index is 250. The van der Waals surface area contributed by atoms with Gasteiger partial charge in [0.1, 0.15) is 0 Å². The Morgan fingerprint density at radius 2 is 1.74 bits per heavy atom. The lowest BCUT2D eigenvalue weighted by atomic mass is 9.97. The molecule has 0 aromatic heterocycles. The van der Waals surface area contributed by atoms with Gasteiger partial charge in [-0.05, 0) is 27.2 Å². The van der Waals surface area contributed by atoms with Gasteiger partial charge < -0.3 is 4.74 Å². The van der Waals surface area contributed by atoms with E-state index >= 15 is 0 Å². The lowest BCUT2D eigenvalue weighted by molar-refractivity contribution is -0.153. The summed E-state index contributed by atoms with van der Waals surface area (Å²) >= 11 is 0.